The van der Waals surface area contributed by atoms with Crippen molar-refractivity contribution < 1.29 is 10.0 Å². The van der Waals surface area contributed by atoms with Gasteiger partial charge in [-0.2, -0.15) is 0 Å². The Balaban J connectivity index is 3.23. The molecule has 0 unspecified atom stereocenters. The maximum atomic E-state index is 11.1. The highest BCUT2D eigenvalue weighted by molar-refractivity contribution is 5.69. The van der Waals surface area contributed by atoms with E-state index in [4.69, 9.17) is 5.84 Å². The quantitative estimate of drug-likeness (QED) is 0.321. The Bertz CT molecular complexity index is 441. The van der Waals surface area contributed by atoms with Crippen molar-refractivity contribution in [1.82, 2.24) is 9.97 Å². The van der Waals surface area contributed by atoms with Gasteiger partial charge in [0, 0.05) is 0 Å². The number of aromatic nitrogens is 2. The minimum Gasteiger partial charge on any atom is -0.394 e. The van der Waals surface area contributed by atoms with Crippen LogP contribution >= 0.6 is 0 Å². The van der Waals surface area contributed by atoms with Gasteiger partial charge in [0.2, 0.25) is 11.6 Å². The van der Waals surface area contributed by atoms with Gasteiger partial charge in [-0.05, 0) is 12.8 Å². The Hall–Kier alpha value is -2.00. The number of nitrogens with one attached hydrogen (secondary N) is 2. The Labute approximate surface area is 110 Å². The SMILES string of the molecule is CCC(CC)(CO)Nc1ncnc(NN)c1[N+](=O)[O-]. The molecule has 0 aliphatic rings. The number of nitrogens with two attached hydrogens (primary N) is 1. The summed E-state index contributed by atoms with van der Waals surface area (Å²) in [4.78, 5) is 18.0. The number of nitro groups is 1. The predicted octanol–water partition coefficient (Wildman–Crippen LogP) is 0.633. The molecular formula is C10H18N6O3. The molecule has 19 heavy (non-hydrogen) atoms. The topological polar surface area (TPSA) is 139 Å². The van der Waals surface area contributed by atoms with Crippen LogP contribution in [0.2, 0.25) is 0 Å². The van der Waals surface area contributed by atoms with Crippen molar-refractivity contribution in [3.8, 4) is 0 Å². The van der Waals surface area contributed by atoms with Gasteiger partial charge in [0.15, 0.2) is 0 Å². The van der Waals surface area contributed by atoms with Gasteiger partial charge >= 0.3 is 5.69 Å². The van der Waals surface area contributed by atoms with Crippen LogP contribution in [0, 0.1) is 10.1 Å². The Morgan fingerprint density at radius 2 is 2.00 bits per heavy atom. The van der Waals surface area contributed by atoms with Crippen LogP contribution in [0.15, 0.2) is 6.33 Å². The van der Waals surface area contributed by atoms with E-state index in [2.05, 4.69) is 20.7 Å². The van der Waals surface area contributed by atoms with Crippen LogP contribution in [0.1, 0.15) is 26.7 Å². The summed E-state index contributed by atoms with van der Waals surface area (Å²) in [6.45, 7) is 3.59. The van der Waals surface area contributed by atoms with Gasteiger partial charge in [-0.3, -0.25) is 10.1 Å². The van der Waals surface area contributed by atoms with E-state index in [9.17, 15) is 15.2 Å². The summed E-state index contributed by atoms with van der Waals surface area (Å²) in [5.41, 5.74) is 1.16. The zero-order chi connectivity index (χ0) is 14.5. The Morgan fingerprint density at radius 3 is 2.42 bits per heavy atom. The predicted molar refractivity (Wildman–Crippen MR) is 70.5 cm³/mol. The van der Waals surface area contributed by atoms with Gasteiger partial charge in [-0.1, -0.05) is 13.8 Å². The zero-order valence-corrected chi connectivity index (χ0v) is 10.9. The van der Waals surface area contributed by atoms with Crippen molar-refractivity contribution >= 4 is 17.3 Å². The first-order valence-electron chi connectivity index (χ1n) is 5.88. The second-order valence-corrected chi connectivity index (χ2v) is 4.09. The van der Waals surface area contributed by atoms with E-state index < -0.39 is 10.5 Å². The molecule has 1 rings (SSSR count). The number of aliphatic hydroxyl groups is 1. The van der Waals surface area contributed by atoms with Gasteiger partial charge in [-0.15, -0.1) is 0 Å². The average Bonchev–Trinajstić information content (AvgIpc) is 2.44. The summed E-state index contributed by atoms with van der Waals surface area (Å²) in [5.74, 6) is 5.15. The molecule has 9 heteroatoms. The summed E-state index contributed by atoms with van der Waals surface area (Å²) in [6, 6.07) is 0. The number of nitrogens with zero attached hydrogens (tertiary/aromatic N) is 3. The van der Waals surface area contributed by atoms with Crippen LogP contribution < -0.4 is 16.6 Å². The Kier molecular flexibility index (Phi) is 4.95. The van der Waals surface area contributed by atoms with Gasteiger partial charge in [0.1, 0.15) is 6.33 Å². The van der Waals surface area contributed by atoms with E-state index in [1.165, 1.54) is 0 Å². The first kappa shape index (κ1) is 15.1. The molecule has 1 aromatic rings. The summed E-state index contributed by atoms with van der Waals surface area (Å²) < 4.78 is 0. The largest absolute Gasteiger partial charge is 0.394 e. The lowest BCUT2D eigenvalue weighted by molar-refractivity contribution is -0.383. The fourth-order valence-corrected chi connectivity index (χ4v) is 1.69. The normalized spacial score (nSPS) is 11.2. The fraction of sp³-hybridized carbons (Fsp3) is 0.600. The van der Waals surface area contributed by atoms with E-state index in [1.54, 1.807) is 0 Å². The molecule has 0 radical (unpaired) electrons. The maximum absolute atomic E-state index is 11.1. The van der Waals surface area contributed by atoms with Crippen molar-refractivity contribution in [3.05, 3.63) is 16.4 Å². The van der Waals surface area contributed by atoms with E-state index >= 15 is 0 Å². The van der Waals surface area contributed by atoms with Crippen LogP contribution in [-0.2, 0) is 0 Å². The second kappa shape index (κ2) is 6.25. The highest BCUT2D eigenvalue weighted by Gasteiger charge is 2.31. The molecule has 106 valence electrons. The third kappa shape index (κ3) is 3.06. The number of nitrogen functional groups attached to an aromatic ring is 1. The minimum absolute atomic E-state index is 0.0331. The molecular weight excluding hydrogens is 252 g/mol. The van der Waals surface area contributed by atoms with Gasteiger partial charge in [0.05, 0.1) is 17.1 Å². The van der Waals surface area contributed by atoms with E-state index in [0.717, 1.165) is 6.33 Å². The smallest absolute Gasteiger partial charge is 0.354 e. The van der Waals surface area contributed by atoms with Gasteiger partial charge in [0.25, 0.3) is 0 Å². The molecule has 0 saturated carbocycles. The number of hydrazine groups is 1. The molecule has 0 aliphatic carbocycles. The zero-order valence-electron chi connectivity index (χ0n) is 10.9. The Morgan fingerprint density at radius 1 is 1.42 bits per heavy atom. The third-order valence-electron chi connectivity index (χ3n) is 3.18. The van der Waals surface area contributed by atoms with Gasteiger partial charge in [-0.25, -0.2) is 15.8 Å². The number of hydrogen-bond acceptors (Lipinski definition) is 8. The highest BCUT2D eigenvalue weighted by Crippen LogP contribution is 2.31. The van der Waals surface area contributed by atoms with Crippen molar-refractivity contribution in [3.63, 3.8) is 0 Å². The van der Waals surface area contributed by atoms with Crippen LogP contribution in [0.5, 0.6) is 0 Å². The standard InChI is InChI=1S/C10H18N6O3/c1-3-10(4-2,5-17)14-8-7(16(18)19)9(15-11)13-6-12-8/h6,17H,3-5,11H2,1-2H3,(H2,12,13,14,15). The third-order valence-corrected chi connectivity index (χ3v) is 3.18. The average molecular weight is 270 g/mol. The number of aliphatic hydroxyl groups excluding tert-OH is 1. The summed E-state index contributed by atoms with van der Waals surface area (Å²) in [6.07, 6.45) is 2.34. The summed E-state index contributed by atoms with van der Waals surface area (Å²) in [5, 5.41) is 23.5. The van der Waals surface area contributed by atoms with Crippen molar-refractivity contribution in [2.45, 2.75) is 32.2 Å². The lowest BCUT2D eigenvalue weighted by atomic mass is 9.94. The number of hydrogen-bond donors (Lipinski definition) is 4. The van der Waals surface area contributed by atoms with Gasteiger partial charge < -0.3 is 15.8 Å². The lowest BCUT2D eigenvalue weighted by Gasteiger charge is -2.31. The summed E-state index contributed by atoms with van der Waals surface area (Å²) in [7, 11) is 0. The molecule has 0 amide bonds. The van der Waals surface area contributed by atoms with Crippen molar-refractivity contribution in [2.75, 3.05) is 17.3 Å². The highest BCUT2D eigenvalue weighted by atomic mass is 16.6. The summed E-state index contributed by atoms with van der Waals surface area (Å²) >= 11 is 0. The molecule has 0 bridgehead atoms. The molecule has 5 N–H and O–H groups in total. The fourth-order valence-electron chi connectivity index (χ4n) is 1.69. The van der Waals surface area contributed by atoms with Crippen LogP contribution in [0.25, 0.3) is 0 Å². The molecule has 9 nitrogen and oxygen atoms in total. The first-order valence-corrected chi connectivity index (χ1v) is 5.88. The monoisotopic (exact) mass is 270 g/mol. The van der Waals surface area contributed by atoms with Crippen LogP contribution in [0.3, 0.4) is 0 Å². The molecule has 0 aliphatic heterocycles. The molecule has 0 fully saturated rings. The van der Waals surface area contributed by atoms with E-state index in [-0.39, 0.29) is 23.9 Å². The molecule has 0 atom stereocenters. The number of anilines is 2. The molecule has 1 heterocycles. The van der Waals surface area contributed by atoms with Crippen molar-refractivity contribution in [2.24, 2.45) is 5.84 Å². The first-order chi connectivity index (χ1) is 9.03. The minimum atomic E-state index is -0.662. The maximum Gasteiger partial charge on any atom is 0.354 e. The molecule has 1 aromatic heterocycles. The molecule has 0 saturated heterocycles. The molecule has 0 aromatic carbocycles. The van der Waals surface area contributed by atoms with Crippen LogP contribution in [0.4, 0.5) is 17.3 Å². The lowest BCUT2D eigenvalue weighted by Crippen LogP contribution is -2.41. The van der Waals surface area contributed by atoms with E-state index in [1.807, 2.05) is 13.8 Å². The van der Waals surface area contributed by atoms with E-state index in [0.29, 0.717) is 12.8 Å². The molecule has 0 spiro atoms. The second-order valence-electron chi connectivity index (χ2n) is 4.09. The number of rotatable bonds is 7. The van der Waals surface area contributed by atoms with Crippen molar-refractivity contribution in [1.29, 1.82) is 0 Å². The van der Waals surface area contributed by atoms with Crippen LogP contribution in [-0.4, -0.2) is 32.1 Å².